The summed E-state index contributed by atoms with van der Waals surface area (Å²) < 4.78 is 3.11. The van der Waals surface area contributed by atoms with Crippen LogP contribution in [0.25, 0.3) is 16.9 Å². The van der Waals surface area contributed by atoms with Gasteiger partial charge in [0.1, 0.15) is 11.3 Å². The molecule has 9 heteroatoms. The lowest BCUT2D eigenvalue weighted by atomic mass is 10.0. The van der Waals surface area contributed by atoms with Crippen LogP contribution in [-0.2, 0) is 13.7 Å². The fourth-order valence-corrected chi connectivity index (χ4v) is 3.03. The summed E-state index contributed by atoms with van der Waals surface area (Å²) in [5, 5.41) is 21.6. The van der Waals surface area contributed by atoms with E-state index in [1.807, 2.05) is 0 Å². The van der Waals surface area contributed by atoms with Gasteiger partial charge in [-0.25, -0.2) is 9.50 Å². The summed E-state index contributed by atoms with van der Waals surface area (Å²) in [6.45, 7) is -0.172. The molecule has 0 bridgehead atoms. The molecule has 1 amide bonds. The van der Waals surface area contributed by atoms with Gasteiger partial charge in [-0.2, -0.15) is 10.2 Å². The Labute approximate surface area is 159 Å². The fourth-order valence-electron chi connectivity index (χ4n) is 2.86. The first kappa shape index (κ1) is 17.2. The second-order valence-electron chi connectivity index (χ2n) is 5.92. The number of anilines is 1. The largest absolute Gasteiger partial charge is 0.392 e. The minimum Gasteiger partial charge on any atom is -0.392 e. The Kier molecular flexibility index (Phi) is 4.35. The molecule has 4 aromatic rings. The summed E-state index contributed by atoms with van der Waals surface area (Å²) in [7, 11) is 1.75. The van der Waals surface area contributed by atoms with Crippen LogP contribution in [0.4, 0.5) is 5.69 Å². The minimum atomic E-state index is -0.356. The number of nitrogens with zero attached hydrogens (tertiary/aromatic N) is 5. The predicted octanol–water partition coefficient (Wildman–Crippen LogP) is 2.53. The Morgan fingerprint density at radius 3 is 3.04 bits per heavy atom. The summed E-state index contributed by atoms with van der Waals surface area (Å²) in [6.07, 6.45) is 6.47. The Bertz CT molecular complexity index is 1150. The number of hydrogen-bond acceptors (Lipinski definition) is 5. The zero-order valence-corrected chi connectivity index (χ0v) is 15.1. The van der Waals surface area contributed by atoms with Crippen LogP contribution in [0, 0.1) is 0 Å². The molecule has 1 aromatic carbocycles. The quantitative estimate of drug-likeness (QED) is 0.565. The van der Waals surface area contributed by atoms with Crippen molar-refractivity contribution in [1.82, 2.24) is 24.4 Å². The van der Waals surface area contributed by atoms with E-state index in [1.165, 1.54) is 10.7 Å². The maximum atomic E-state index is 12.8. The maximum Gasteiger partial charge on any atom is 0.261 e. The van der Waals surface area contributed by atoms with E-state index in [9.17, 15) is 9.90 Å². The van der Waals surface area contributed by atoms with Gasteiger partial charge in [0.2, 0.25) is 0 Å². The van der Waals surface area contributed by atoms with Crippen molar-refractivity contribution in [3.63, 3.8) is 0 Å². The smallest absolute Gasteiger partial charge is 0.261 e. The fraction of sp³-hybridized carbons (Fsp3) is 0.111. The molecule has 8 nitrogen and oxygen atoms in total. The van der Waals surface area contributed by atoms with Crippen LogP contribution < -0.4 is 5.32 Å². The highest BCUT2D eigenvalue weighted by Crippen LogP contribution is 2.32. The highest BCUT2D eigenvalue weighted by atomic mass is 35.5. The first-order valence-corrected chi connectivity index (χ1v) is 8.47. The van der Waals surface area contributed by atoms with Crippen molar-refractivity contribution in [3.05, 3.63) is 65.2 Å². The average Bonchev–Trinajstić information content (AvgIpc) is 3.25. The number of fused-ring (bicyclic) bond motifs is 1. The lowest BCUT2D eigenvalue weighted by molar-refractivity contribution is 0.102. The standard InChI is InChI=1S/C18H15ClN6O2/c1-24-9-15(16(23-24)13-7-12(19)4-3-11(13)10-26)22-18(27)14-8-21-25-6-2-5-20-17(14)25/h2-9,26H,10H2,1H3,(H,22,27). The van der Waals surface area contributed by atoms with E-state index in [4.69, 9.17) is 11.6 Å². The van der Waals surface area contributed by atoms with Gasteiger partial charge in [-0.3, -0.25) is 9.48 Å². The van der Waals surface area contributed by atoms with Gasteiger partial charge in [0, 0.05) is 36.2 Å². The number of carbonyl (C=O) groups excluding carboxylic acids is 1. The number of aryl methyl sites for hydroxylation is 1. The molecule has 3 aromatic heterocycles. The molecule has 0 saturated carbocycles. The molecule has 0 aliphatic heterocycles. The van der Waals surface area contributed by atoms with Crippen LogP contribution >= 0.6 is 11.6 Å². The number of halogens is 1. The van der Waals surface area contributed by atoms with Crippen molar-refractivity contribution in [2.75, 3.05) is 5.32 Å². The molecule has 27 heavy (non-hydrogen) atoms. The topological polar surface area (TPSA) is 97.3 Å². The summed E-state index contributed by atoms with van der Waals surface area (Å²) in [5.41, 5.74) is 3.12. The zero-order valence-electron chi connectivity index (χ0n) is 14.3. The third-order valence-corrected chi connectivity index (χ3v) is 4.33. The lowest BCUT2D eigenvalue weighted by Crippen LogP contribution is -2.12. The van der Waals surface area contributed by atoms with Gasteiger partial charge >= 0.3 is 0 Å². The molecule has 0 radical (unpaired) electrons. The summed E-state index contributed by atoms with van der Waals surface area (Å²) in [6, 6.07) is 6.87. The van der Waals surface area contributed by atoms with Gasteiger partial charge in [-0.05, 0) is 23.8 Å². The molecule has 3 heterocycles. The van der Waals surface area contributed by atoms with Crippen molar-refractivity contribution < 1.29 is 9.90 Å². The second kappa shape index (κ2) is 6.82. The number of amides is 1. The van der Waals surface area contributed by atoms with E-state index >= 15 is 0 Å². The van der Waals surface area contributed by atoms with Crippen molar-refractivity contribution >= 4 is 28.8 Å². The van der Waals surface area contributed by atoms with Gasteiger partial charge in [0.25, 0.3) is 5.91 Å². The van der Waals surface area contributed by atoms with Crippen molar-refractivity contribution in [3.8, 4) is 11.3 Å². The third kappa shape index (κ3) is 3.16. The SMILES string of the molecule is Cn1cc(NC(=O)c2cnn3cccnc23)c(-c2cc(Cl)ccc2CO)n1. The van der Waals surface area contributed by atoms with Crippen molar-refractivity contribution in [2.24, 2.45) is 7.05 Å². The first-order chi connectivity index (χ1) is 13.1. The van der Waals surface area contributed by atoms with E-state index in [0.717, 1.165) is 0 Å². The van der Waals surface area contributed by atoms with Crippen molar-refractivity contribution in [1.29, 1.82) is 0 Å². The minimum absolute atomic E-state index is 0.172. The predicted molar refractivity (Wildman–Crippen MR) is 101 cm³/mol. The Hall–Kier alpha value is -3.23. The highest BCUT2D eigenvalue weighted by Gasteiger charge is 2.19. The molecule has 0 atom stereocenters. The molecular weight excluding hydrogens is 368 g/mol. The number of rotatable bonds is 4. The number of aliphatic hydroxyl groups excluding tert-OH is 1. The van der Waals surface area contributed by atoms with E-state index in [1.54, 1.807) is 54.6 Å². The molecule has 0 fully saturated rings. The van der Waals surface area contributed by atoms with Crippen LogP contribution in [0.3, 0.4) is 0 Å². The normalized spacial score (nSPS) is 11.1. The zero-order chi connectivity index (χ0) is 19.0. The van der Waals surface area contributed by atoms with Crippen LogP contribution in [0.2, 0.25) is 5.02 Å². The Morgan fingerprint density at radius 1 is 1.37 bits per heavy atom. The van der Waals surface area contributed by atoms with E-state index in [2.05, 4.69) is 20.5 Å². The molecule has 136 valence electrons. The molecule has 0 saturated heterocycles. The van der Waals surface area contributed by atoms with Gasteiger partial charge < -0.3 is 10.4 Å². The molecule has 0 aliphatic rings. The van der Waals surface area contributed by atoms with Crippen LogP contribution in [0.5, 0.6) is 0 Å². The monoisotopic (exact) mass is 382 g/mol. The summed E-state index contributed by atoms with van der Waals surface area (Å²) in [4.78, 5) is 17.0. The van der Waals surface area contributed by atoms with Gasteiger partial charge in [-0.15, -0.1) is 0 Å². The van der Waals surface area contributed by atoms with E-state index < -0.39 is 0 Å². The third-order valence-electron chi connectivity index (χ3n) is 4.10. The molecule has 0 spiro atoms. The average molecular weight is 383 g/mol. The van der Waals surface area contributed by atoms with Crippen LogP contribution in [0.15, 0.2) is 49.1 Å². The second-order valence-corrected chi connectivity index (χ2v) is 6.36. The van der Waals surface area contributed by atoms with Gasteiger partial charge in [-0.1, -0.05) is 17.7 Å². The van der Waals surface area contributed by atoms with Crippen LogP contribution in [0.1, 0.15) is 15.9 Å². The van der Waals surface area contributed by atoms with E-state index in [-0.39, 0.29) is 12.5 Å². The summed E-state index contributed by atoms with van der Waals surface area (Å²) in [5.74, 6) is -0.356. The molecule has 4 rings (SSSR count). The lowest BCUT2D eigenvalue weighted by Gasteiger charge is -2.09. The summed E-state index contributed by atoms with van der Waals surface area (Å²) >= 11 is 6.11. The number of aliphatic hydroxyl groups is 1. The number of aromatic nitrogens is 5. The maximum absolute atomic E-state index is 12.8. The van der Waals surface area contributed by atoms with Crippen molar-refractivity contribution in [2.45, 2.75) is 6.61 Å². The van der Waals surface area contributed by atoms with E-state index in [0.29, 0.717) is 38.7 Å². The number of carbonyl (C=O) groups is 1. The number of nitrogens with one attached hydrogen (secondary N) is 1. The Balaban J connectivity index is 1.74. The molecule has 0 aliphatic carbocycles. The Morgan fingerprint density at radius 2 is 2.22 bits per heavy atom. The molecule has 0 unspecified atom stereocenters. The molecular formula is C18H15ClN6O2. The highest BCUT2D eigenvalue weighted by molar-refractivity contribution is 6.31. The number of benzene rings is 1. The first-order valence-electron chi connectivity index (χ1n) is 8.10. The van der Waals surface area contributed by atoms with Gasteiger partial charge in [0.15, 0.2) is 5.65 Å². The van der Waals surface area contributed by atoms with Crippen LogP contribution in [-0.4, -0.2) is 35.4 Å². The van der Waals surface area contributed by atoms with Gasteiger partial charge in [0.05, 0.1) is 18.5 Å². The number of hydrogen-bond donors (Lipinski definition) is 2. The molecule has 2 N–H and O–H groups in total.